The molecule has 2 aromatic rings. The Kier molecular flexibility index (Phi) is 2.07. The number of hydrogen-bond acceptors (Lipinski definition) is 3. The summed E-state index contributed by atoms with van der Waals surface area (Å²) in [6.45, 7) is 4.21. The summed E-state index contributed by atoms with van der Waals surface area (Å²) in [6, 6.07) is 0. The Labute approximate surface area is 80.6 Å². The van der Waals surface area contributed by atoms with Crippen LogP contribution in [0.5, 0.6) is 0 Å². The van der Waals surface area contributed by atoms with E-state index in [1.807, 2.05) is 0 Å². The van der Waals surface area contributed by atoms with E-state index in [0.717, 1.165) is 12.2 Å². The number of nitrogens with zero attached hydrogens (tertiary/aromatic N) is 2. The monoisotopic (exact) mass is 192 g/mol. The Hall–Kier alpha value is -1.65. The van der Waals surface area contributed by atoms with E-state index in [9.17, 15) is 4.79 Å². The molecule has 2 heterocycles. The summed E-state index contributed by atoms with van der Waals surface area (Å²) >= 11 is 0. The van der Waals surface area contributed by atoms with Gasteiger partial charge in [0, 0.05) is 6.42 Å². The van der Waals surface area contributed by atoms with Crippen molar-refractivity contribution in [1.29, 1.82) is 0 Å². The molecule has 5 nitrogen and oxygen atoms in total. The van der Waals surface area contributed by atoms with Crippen molar-refractivity contribution in [1.82, 2.24) is 20.2 Å². The molecule has 0 saturated carbocycles. The minimum absolute atomic E-state index is 0.242. The molecule has 0 atom stereocenters. The molecule has 0 aliphatic heterocycles. The average Bonchev–Trinajstić information content (AvgIpc) is 2.47. The molecule has 0 spiro atoms. The lowest BCUT2D eigenvalue weighted by molar-refractivity contribution is 0.627. The third kappa shape index (κ3) is 1.53. The first kappa shape index (κ1) is 8.93. The van der Waals surface area contributed by atoms with E-state index in [1.165, 1.54) is 0 Å². The van der Waals surface area contributed by atoms with Gasteiger partial charge in [-0.25, -0.2) is 10.1 Å². The van der Waals surface area contributed by atoms with Crippen LogP contribution in [0.2, 0.25) is 0 Å². The second kappa shape index (κ2) is 3.25. The molecule has 0 radical (unpaired) electrons. The number of aromatic amines is 2. The van der Waals surface area contributed by atoms with Crippen LogP contribution < -0.4 is 5.56 Å². The highest BCUT2D eigenvalue weighted by Crippen LogP contribution is 2.08. The molecule has 2 rings (SSSR count). The van der Waals surface area contributed by atoms with Gasteiger partial charge in [0.1, 0.15) is 5.82 Å². The van der Waals surface area contributed by atoms with E-state index >= 15 is 0 Å². The Balaban J connectivity index is 2.52. The first-order valence-electron chi connectivity index (χ1n) is 4.59. The molecular weight excluding hydrogens is 180 g/mol. The van der Waals surface area contributed by atoms with Crippen molar-refractivity contribution < 1.29 is 0 Å². The van der Waals surface area contributed by atoms with Gasteiger partial charge >= 0.3 is 0 Å². The Morgan fingerprint density at radius 2 is 2.29 bits per heavy atom. The second-order valence-corrected chi connectivity index (χ2v) is 3.74. The van der Waals surface area contributed by atoms with Crippen molar-refractivity contribution in [3.05, 3.63) is 22.4 Å². The zero-order chi connectivity index (χ0) is 10.1. The molecule has 14 heavy (non-hydrogen) atoms. The maximum atomic E-state index is 11.3. The molecule has 0 aliphatic rings. The normalized spacial score (nSPS) is 11.4. The lowest BCUT2D eigenvalue weighted by atomic mass is 10.1. The Morgan fingerprint density at radius 1 is 1.50 bits per heavy atom. The van der Waals surface area contributed by atoms with Crippen LogP contribution in [0.1, 0.15) is 19.7 Å². The predicted molar refractivity (Wildman–Crippen MR) is 53.1 cm³/mol. The maximum absolute atomic E-state index is 11.3. The van der Waals surface area contributed by atoms with Gasteiger partial charge in [0.05, 0.1) is 11.7 Å². The van der Waals surface area contributed by atoms with Crippen molar-refractivity contribution in [2.45, 2.75) is 20.3 Å². The largest absolute Gasteiger partial charge is 0.340 e. The minimum Gasteiger partial charge on any atom is -0.340 e. The first-order valence-corrected chi connectivity index (χ1v) is 4.59. The van der Waals surface area contributed by atoms with Gasteiger partial charge in [0.2, 0.25) is 0 Å². The van der Waals surface area contributed by atoms with E-state index in [1.54, 1.807) is 6.20 Å². The molecule has 0 fully saturated rings. The smallest absolute Gasteiger partial charge is 0.292 e. The standard InChI is InChI=1S/C9H12N4O/c1-5(2)3-7-11-6-4-10-13-9(14)8(6)12-7/h4-5H,3H2,1-2H3,(H,11,12)(H,13,14). The van der Waals surface area contributed by atoms with Gasteiger partial charge in [-0.15, -0.1) is 0 Å². The fraction of sp³-hybridized carbons (Fsp3) is 0.444. The predicted octanol–water partition coefficient (Wildman–Crippen LogP) is 0.845. The van der Waals surface area contributed by atoms with Crippen molar-refractivity contribution in [2.75, 3.05) is 0 Å². The summed E-state index contributed by atoms with van der Waals surface area (Å²) in [7, 11) is 0. The number of imidazole rings is 1. The first-order chi connectivity index (χ1) is 6.66. The van der Waals surface area contributed by atoms with Crippen LogP contribution in [0.15, 0.2) is 11.0 Å². The molecule has 0 aliphatic carbocycles. The van der Waals surface area contributed by atoms with E-state index < -0.39 is 0 Å². The summed E-state index contributed by atoms with van der Waals surface area (Å²) in [6.07, 6.45) is 2.42. The van der Waals surface area contributed by atoms with Crippen LogP contribution >= 0.6 is 0 Å². The topological polar surface area (TPSA) is 74.4 Å². The quantitative estimate of drug-likeness (QED) is 0.740. The van der Waals surface area contributed by atoms with Crippen LogP contribution in [-0.2, 0) is 6.42 Å². The molecule has 74 valence electrons. The van der Waals surface area contributed by atoms with Crippen molar-refractivity contribution in [3.63, 3.8) is 0 Å². The van der Waals surface area contributed by atoms with Crippen LogP contribution in [0, 0.1) is 5.92 Å². The summed E-state index contributed by atoms with van der Waals surface area (Å²) in [5.74, 6) is 1.36. The van der Waals surface area contributed by atoms with Gasteiger partial charge in [-0.2, -0.15) is 5.10 Å². The number of hydrogen-bond donors (Lipinski definition) is 2. The number of rotatable bonds is 2. The van der Waals surface area contributed by atoms with Gasteiger partial charge in [-0.05, 0) is 5.92 Å². The van der Waals surface area contributed by atoms with Crippen molar-refractivity contribution in [2.24, 2.45) is 5.92 Å². The third-order valence-electron chi connectivity index (χ3n) is 1.96. The highest BCUT2D eigenvalue weighted by molar-refractivity contribution is 5.72. The fourth-order valence-electron chi connectivity index (χ4n) is 1.40. The number of nitrogens with one attached hydrogen (secondary N) is 2. The highest BCUT2D eigenvalue weighted by Gasteiger charge is 2.07. The molecule has 5 heteroatoms. The molecule has 0 bridgehead atoms. The molecule has 2 N–H and O–H groups in total. The van der Waals surface area contributed by atoms with Crippen molar-refractivity contribution >= 4 is 11.0 Å². The fourth-order valence-corrected chi connectivity index (χ4v) is 1.40. The second-order valence-electron chi connectivity index (χ2n) is 3.74. The Morgan fingerprint density at radius 3 is 2.93 bits per heavy atom. The summed E-state index contributed by atoms with van der Waals surface area (Å²) in [5.41, 5.74) is 0.897. The van der Waals surface area contributed by atoms with Crippen LogP contribution in [0.25, 0.3) is 11.0 Å². The zero-order valence-electron chi connectivity index (χ0n) is 8.16. The Bertz CT molecular complexity index is 497. The summed E-state index contributed by atoms with van der Waals surface area (Å²) < 4.78 is 0. The number of H-pyrrole nitrogens is 2. The molecule has 2 aromatic heterocycles. The molecule has 0 unspecified atom stereocenters. The van der Waals surface area contributed by atoms with Gasteiger partial charge in [0.15, 0.2) is 5.52 Å². The summed E-state index contributed by atoms with van der Waals surface area (Å²) in [4.78, 5) is 18.6. The summed E-state index contributed by atoms with van der Waals surface area (Å²) in [5, 5.41) is 6.05. The molecule has 0 amide bonds. The van der Waals surface area contributed by atoms with E-state index in [0.29, 0.717) is 17.0 Å². The van der Waals surface area contributed by atoms with Gasteiger partial charge in [-0.3, -0.25) is 4.79 Å². The van der Waals surface area contributed by atoms with Crippen molar-refractivity contribution in [3.8, 4) is 0 Å². The lowest BCUT2D eigenvalue weighted by Crippen LogP contribution is -2.07. The minimum atomic E-state index is -0.242. The zero-order valence-corrected chi connectivity index (χ0v) is 8.16. The van der Waals surface area contributed by atoms with Gasteiger partial charge in [-0.1, -0.05) is 13.8 Å². The van der Waals surface area contributed by atoms with E-state index in [4.69, 9.17) is 0 Å². The molecule has 0 aromatic carbocycles. The van der Waals surface area contributed by atoms with E-state index in [-0.39, 0.29) is 5.56 Å². The number of fused-ring (bicyclic) bond motifs is 1. The average molecular weight is 192 g/mol. The van der Waals surface area contributed by atoms with E-state index in [2.05, 4.69) is 34.0 Å². The van der Waals surface area contributed by atoms with Crippen LogP contribution in [0.4, 0.5) is 0 Å². The third-order valence-corrected chi connectivity index (χ3v) is 1.96. The van der Waals surface area contributed by atoms with Gasteiger partial charge in [0.25, 0.3) is 5.56 Å². The van der Waals surface area contributed by atoms with Gasteiger partial charge < -0.3 is 4.98 Å². The molecule has 0 saturated heterocycles. The SMILES string of the molecule is CC(C)Cc1nc2c(=O)[nH]ncc2[nH]1. The highest BCUT2D eigenvalue weighted by atomic mass is 16.1. The maximum Gasteiger partial charge on any atom is 0.292 e. The van der Waals surface area contributed by atoms with Crippen LogP contribution in [0.3, 0.4) is 0 Å². The lowest BCUT2D eigenvalue weighted by Gasteiger charge is -1.98. The molecular formula is C9H12N4O. The number of aromatic nitrogens is 4. The van der Waals surface area contributed by atoms with Crippen LogP contribution in [-0.4, -0.2) is 20.2 Å².